The number of nitrogens with zero attached hydrogens (tertiary/aromatic N) is 2. The second-order valence-corrected chi connectivity index (χ2v) is 4.77. The van der Waals surface area contributed by atoms with Crippen LogP contribution >= 0.6 is 11.3 Å². The number of aromatic nitrogens is 1. The van der Waals surface area contributed by atoms with E-state index in [9.17, 15) is 0 Å². The summed E-state index contributed by atoms with van der Waals surface area (Å²) in [5, 5.41) is 4.60. The van der Waals surface area contributed by atoms with Crippen molar-refractivity contribution in [3.63, 3.8) is 0 Å². The smallest absolute Gasteiger partial charge is 0.185 e. The van der Waals surface area contributed by atoms with Crippen molar-refractivity contribution in [1.82, 2.24) is 10.3 Å². The Morgan fingerprint density at radius 1 is 1.69 bits per heavy atom. The normalized spacial score (nSPS) is 23.5. The molecule has 72 valence electrons. The standard InChI is InChI=1S/C9H15N3S/c1-7-6-12(4-3-10-7)9-11-5-8(2)13-9/h5,7,10H,3-4,6H2,1-2H3. The van der Waals surface area contributed by atoms with Gasteiger partial charge in [0, 0.05) is 36.8 Å². The summed E-state index contributed by atoms with van der Waals surface area (Å²) in [6.45, 7) is 7.55. The van der Waals surface area contributed by atoms with Gasteiger partial charge in [0.25, 0.3) is 0 Å². The van der Waals surface area contributed by atoms with Crippen LogP contribution in [0.5, 0.6) is 0 Å². The predicted octanol–water partition coefficient (Wildman–Crippen LogP) is 1.25. The molecule has 0 aromatic carbocycles. The molecule has 1 aromatic heterocycles. The first kappa shape index (κ1) is 8.97. The van der Waals surface area contributed by atoms with Gasteiger partial charge in [0.15, 0.2) is 5.13 Å². The fourth-order valence-electron chi connectivity index (χ4n) is 1.60. The van der Waals surface area contributed by atoms with Crippen molar-refractivity contribution in [1.29, 1.82) is 0 Å². The fourth-order valence-corrected chi connectivity index (χ4v) is 2.39. The minimum absolute atomic E-state index is 0.581. The van der Waals surface area contributed by atoms with E-state index in [2.05, 4.69) is 29.0 Å². The lowest BCUT2D eigenvalue weighted by molar-refractivity contribution is 0.484. The van der Waals surface area contributed by atoms with Gasteiger partial charge < -0.3 is 10.2 Å². The fraction of sp³-hybridized carbons (Fsp3) is 0.667. The Bertz CT molecular complexity index is 284. The van der Waals surface area contributed by atoms with Crippen LogP contribution in [0.1, 0.15) is 11.8 Å². The molecule has 2 rings (SSSR count). The average Bonchev–Trinajstić information content (AvgIpc) is 2.52. The first-order chi connectivity index (χ1) is 6.25. The number of piperazine rings is 1. The van der Waals surface area contributed by atoms with E-state index >= 15 is 0 Å². The Balaban J connectivity index is 2.08. The highest BCUT2D eigenvalue weighted by atomic mass is 32.1. The molecule has 0 spiro atoms. The molecule has 1 aliphatic rings. The lowest BCUT2D eigenvalue weighted by atomic mass is 10.2. The average molecular weight is 197 g/mol. The molecule has 0 bridgehead atoms. The summed E-state index contributed by atoms with van der Waals surface area (Å²) >= 11 is 1.78. The Hall–Kier alpha value is -0.610. The molecule has 1 unspecified atom stereocenters. The summed E-state index contributed by atoms with van der Waals surface area (Å²) in [7, 11) is 0. The van der Waals surface area contributed by atoms with Crippen molar-refractivity contribution in [3.8, 4) is 0 Å². The van der Waals surface area contributed by atoms with Crippen LogP contribution in [0.4, 0.5) is 5.13 Å². The van der Waals surface area contributed by atoms with Gasteiger partial charge in [-0.3, -0.25) is 0 Å². The van der Waals surface area contributed by atoms with Gasteiger partial charge in [0.1, 0.15) is 0 Å². The molecule has 1 saturated heterocycles. The van der Waals surface area contributed by atoms with Crippen LogP contribution in [0.15, 0.2) is 6.20 Å². The molecular weight excluding hydrogens is 182 g/mol. The number of thiazole rings is 1. The number of hydrogen-bond acceptors (Lipinski definition) is 4. The molecule has 2 heterocycles. The van der Waals surface area contributed by atoms with Gasteiger partial charge in [-0.25, -0.2) is 4.98 Å². The molecule has 1 atom stereocenters. The number of hydrogen-bond donors (Lipinski definition) is 1. The molecule has 13 heavy (non-hydrogen) atoms. The lowest BCUT2D eigenvalue weighted by Crippen LogP contribution is -2.49. The molecule has 1 aliphatic heterocycles. The molecule has 0 aliphatic carbocycles. The van der Waals surface area contributed by atoms with Crippen LogP contribution in [-0.4, -0.2) is 30.7 Å². The number of rotatable bonds is 1. The molecule has 1 fully saturated rings. The van der Waals surface area contributed by atoms with E-state index in [0.29, 0.717) is 6.04 Å². The Kier molecular flexibility index (Phi) is 2.51. The van der Waals surface area contributed by atoms with Gasteiger partial charge in [0.05, 0.1) is 0 Å². The van der Waals surface area contributed by atoms with Crippen LogP contribution in [-0.2, 0) is 0 Å². The van der Waals surface area contributed by atoms with Gasteiger partial charge >= 0.3 is 0 Å². The minimum atomic E-state index is 0.581. The van der Waals surface area contributed by atoms with Crippen molar-refractivity contribution in [2.45, 2.75) is 19.9 Å². The molecule has 4 heteroatoms. The lowest BCUT2D eigenvalue weighted by Gasteiger charge is -2.31. The first-order valence-corrected chi connectivity index (χ1v) is 5.48. The van der Waals surface area contributed by atoms with E-state index in [4.69, 9.17) is 0 Å². The third-order valence-corrected chi connectivity index (χ3v) is 3.22. The third-order valence-electron chi connectivity index (χ3n) is 2.25. The zero-order chi connectivity index (χ0) is 9.26. The van der Waals surface area contributed by atoms with Crippen LogP contribution < -0.4 is 10.2 Å². The number of anilines is 1. The zero-order valence-corrected chi connectivity index (χ0v) is 8.90. The second-order valence-electron chi connectivity index (χ2n) is 3.55. The van der Waals surface area contributed by atoms with Gasteiger partial charge in [-0.2, -0.15) is 0 Å². The molecule has 0 amide bonds. The summed E-state index contributed by atoms with van der Waals surface area (Å²) in [6, 6.07) is 0.581. The van der Waals surface area contributed by atoms with E-state index in [1.807, 2.05) is 6.20 Å². The van der Waals surface area contributed by atoms with Crippen molar-refractivity contribution < 1.29 is 0 Å². The van der Waals surface area contributed by atoms with Crippen LogP contribution in [0.3, 0.4) is 0 Å². The Morgan fingerprint density at radius 2 is 2.54 bits per heavy atom. The van der Waals surface area contributed by atoms with Crippen LogP contribution in [0.2, 0.25) is 0 Å². The highest BCUT2D eigenvalue weighted by molar-refractivity contribution is 7.15. The van der Waals surface area contributed by atoms with Gasteiger partial charge in [0.2, 0.25) is 0 Å². The van der Waals surface area contributed by atoms with Gasteiger partial charge in [-0.1, -0.05) is 0 Å². The minimum Gasteiger partial charge on any atom is -0.345 e. The van der Waals surface area contributed by atoms with Crippen LogP contribution in [0, 0.1) is 6.92 Å². The van der Waals surface area contributed by atoms with E-state index < -0.39 is 0 Å². The largest absolute Gasteiger partial charge is 0.345 e. The number of nitrogens with one attached hydrogen (secondary N) is 1. The molecule has 0 saturated carbocycles. The maximum Gasteiger partial charge on any atom is 0.185 e. The predicted molar refractivity (Wildman–Crippen MR) is 56.5 cm³/mol. The zero-order valence-electron chi connectivity index (χ0n) is 8.08. The Labute approximate surface area is 82.8 Å². The number of aryl methyl sites for hydroxylation is 1. The topological polar surface area (TPSA) is 28.2 Å². The van der Waals surface area contributed by atoms with Crippen molar-refractivity contribution >= 4 is 16.5 Å². The third kappa shape index (κ3) is 2.00. The Morgan fingerprint density at radius 3 is 3.15 bits per heavy atom. The van der Waals surface area contributed by atoms with E-state index in [0.717, 1.165) is 19.6 Å². The first-order valence-electron chi connectivity index (χ1n) is 4.66. The van der Waals surface area contributed by atoms with E-state index in [1.165, 1.54) is 10.0 Å². The summed E-state index contributed by atoms with van der Waals surface area (Å²) in [5.41, 5.74) is 0. The van der Waals surface area contributed by atoms with Crippen molar-refractivity contribution in [2.24, 2.45) is 0 Å². The quantitative estimate of drug-likeness (QED) is 0.734. The molecule has 3 nitrogen and oxygen atoms in total. The molecule has 1 N–H and O–H groups in total. The maximum atomic E-state index is 4.39. The highest BCUT2D eigenvalue weighted by Crippen LogP contribution is 2.22. The van der Waals surface area contributed by atoms with Gasteiger partial charge in [-0.15, -0.1) is 11.3 Å². The highest BCUT2D eigenvalue weighted by Gasteiger charge is 2.17. The van der Waals surface area contributed by atoms with Crippen LogP contribution in [0.25, 0.3) is 0 Å². The van der Waals surface area contributed by atoms with Gasteiger partial charge in [-0.05, 0) is 13.8 Å². The molecule has 1 aromatic rings. The molecule has 0 radical (unpaired) electrons. The summed E-state index contributed by atoms with van der Waals surface area (Å²) < 4.78 is 0. The van der Waals surface area contributed by atoms with Crippen molar-refractivity contribution in [3.05, 3.63) is 11.1 Å². The monoisotopic (exact) mass is 197 g/mol. The van der Waals surface area contributed by atoms with E-state index in [1.54, 1.807) is 11.3 Å². The maximum absolute atomic E-state index is 4.39. The SMILES string of the molecule is Cc1cnc(N2CCNC(C)C2)s1. The van der Waals surface area contributed by atoms with E-state index in [-0.39, 0.29) is 0 Å². The molecular formula is C9H15N3S. The summed E-state index contributed by atoms with van der Waals surface area (Å²) in [4.78, 5) is 8.04. The van der Waals surface area contributed by atoms with Crippen molar-refractivity contribution in [2.75, 3.05) is 24.5 Å². The second kappa shape index (κ2) is 3.64. The summed E-state index contributed by atoms with van der Waals surface area (Å²) in [6.07, 6.45) is 1.95. The summed E-state index contributed by atoms with van der Waals surface area (Å²) in [5.74, 6) is 0.